The quantitative estimate of drug-likeness (QED) is 0.778. The Bertz CT molecular complexity index is 861. The number of fused-ring (bicyclic) bond motifs is 3. The van der Waals surface area contributed by atoms with E-state index in [9.17, 15) is 4.79 Å². The van der Waals surface area contributed by atoms with Crippen LogP contribution in [0.15, 0.2) is 27.5 Å². The van der Waals surface area contributed by atoms with Crippen molar-refractivity contribution in [2.24, 2.45) is 0 Å². The molecule has 0 unspecified atom stereocenters. The van der Waals surface area contributed by atoms with Gasteiger partial charge in [0.25, 0.3) is 5.56 Å². The lowest BCUT2D eigenvalue weighted by atomic mass is 10.0. The second kappa shape index (κ2) is 4.74. The SMILES string of the molecule is CCc1c(C(C)C)[nH]c2nc3ccc(Br)cc3n2c1=O. The fourth-order valence-corrected chi connectivity index (χ4v) is 2.97. The minimum atomic E-state index is 0.0329. The maximum atomic E-state index is 12.8. The molecule has 2 heterocycles. The summed E-state index contributed by atoms with van der Waals surface area (Å²) in [5.74, 6) is 0.887. The zero-order valence-electron chi connectivity index (χ0n) is 11.7. The first-order chi connectivity index (χ1) is 9.52. The van der Waals surface area contributed by atoms with Crippen LogP contribution >= 0.6 is 15.9 Å². The molecule has 1 aromatic carbocycles. The minimum absolute atomic E-state index is 0.0329. The van der Waals surface area contributed by atoms with E-state index in [1.54, 1.807) is 4.40 Å². The number of nitrogens with zero attached hydrogens (tertiary/aromatic N) is 2. The van der Waals surface area contributed by atoms with Gasteiger partial charge in [0.15, 0.2) is 0 Å². The van der Waals surface area contributed by atoms with Gasteiger partial charge in [-0.3, -0.25) is 4.79 Å². The van der Waals surface area contributed by atoms with Crippen LogP contribution in [0.25, 0.3) is 16.8 Å². The lowest BCUT2D eigenvalue weighted by Gasteiger charge is -2.11. The number of halogens is 1. The van der Waals surface area contributed by atoms with Gasteiger partial charge in [0.2, 0.25) is 5.78 Å². The summed E-state index contributed by atoms with van der Waals surface area (Å²) in [6.45, 7) is 6.18. The van der Waals surface area contributed by atoms with Crippen molar-refractivity contribution in [3.8, 4) is 0 Å². The minimum Gasteiger partial charge on any atom is -0.328 e. The van der Waals surface area contributed by atoms with Crippen LogP contribution in [0.2, 0.25) is 0 Å². The highest BCUT2D eigenvalue weighted by atomic mass is 79.9. The van der Waals surface area contributed by atoms with E-state index in [2.05, 4.69) is 39.7 Å². The number of H-pyrrole nitrogens is 1. The van der Waals surface area contributed by atoms with E-state index < -0.39 is 0 Å². The van der Waals surface area contributed by atoms with Gasteiger partial charge in [-0.15, -0.1) is 0 Å². The molecule has 0 bridgehead atoms. The van der Waals surface area contributed by atoms with Crippen molar-refractivity contribution in [2.45, 2.75) is 33.1 Å². The Labute approximate surface area is 125 Å². The number of imidazole rings is 1. The van der Waals surface area contributed by atoms with E-state index >= 15 is 0 Å². The summed E-state index contributed by atoms with van der Waals surface area (Å²) < 4.78 is 2.61. The topological polar surface area (TPSA) is 50.2 Å². The molecule has 0 radical (unpaired) electrons. The van der Waals surface area contributed by atoms with E-state index in [4.69, 9.17) is 0 Å². The molecule has 0 atom stereocenters. The normalized spacial score (nSPS) is 11.8. The molecule has 2 aromatic heterocycles. The van der Waals surface area contributed by atoms with Crippen LogP contribution in [0.5, 0.6) is 0 Å². The Morgan fingerprint density at radius 1 is 1.40 bits per heavy atom. The number of nitrogens with one attached hydrogen (secondary N) is 1. The van der Waals surface area contributed by atoms with Crippen molar-refractivity contribution >= 4 is 32.7 Å². The highest BCUT2D eigenvalue weighted by Crippen LogP contribution is 2.22. The molecule has 0 amide bonds. The molecular weight excluding hydrogens is 318 g/mol. The molecule has 0 saturated carbocycles. The number of aromatic amines is 1. The van der Waals surface area contributed by atoms with Crippen LogP contribution < -0.4 is 5.56 Å². The van der Waals surface area contributed by atoms with Crippen molar-refractivity contribution < 1.29 is 0 Å². The molecule has 3 rings (SSSR count). The molecule has 0 fully saturated rings. The Balaban J connectivity index is 2.52. The van der Waals surface area contributed by atoms with E-state index in [1.165, 1.54) is 0 Å². The van der Waals surface area contributed by atoms with Crippen LogP contribution in [0.4, 0.5) is 0 Å². The molecule has 0 spiro atoms. The first-order valence-electron chi connectivity index (χ1n) is 6.75. The Kier molecular flexibility index (Phi) is 3.17. The van der Waals surface area contributed by atoms with Gasteiger partial charge < -0.3 is 4.98 Å². The monoisotopic (exact) mass is 333 g/mol. The highest BCUT2D eigenvalue weighted by Gasteiger charge is 2.16. The average molecular weight is 334 g/mol. The van der Waals surface area contributed by atoms with Gasteiger partial charge >= 0.3 is 0 Å². The first-order valence-corrected chi connectivity index (χ1v) is 7.55. The third kappa shape index (κ3) is 1.88. The van der Waals surface area contributed by atoms with Crippen molar-refractivity contribution in [3.63, 3.8) is 0 Å². The molecule has 5 heteroatoms. The fourth-order valence-electron chi connectivity index (χ4n) is 2.62. The summed E-state index contributed by atoms with van der Waals surface area (Å²) in [4.78, 5) is 20.6. The number of aromatic nitrogens is 3. The van der Waals surface area contributed by atoms with Gasteiger partial charge in [-0.25, -0.2) is 9.38 Å². The third-order valence-electron chi connectivity index (χ3n) is 3.58. The predicted molar refractivity (Wildman–Crippen MR) is 84.5 cm³/mol. The maximum absolute atomic E-state index is 12.8. The summed E-state index contributed by atoms with van der Waals surface area (Å²) in [5, 5.41) is 0. The summed E-state index contributed by atoms with van der Waals surface area (Å²) in [6, 6.07) is 5.78. The van der Waals surface area contributed by atoms with Crippen LogP contribution in [0.1, 0.15) is 37.9 Å². The Morgan fingerprint density at radius 3 is 2.80 bits per heavy atom. The molecule has 0 aliphatic heterocycles. The second-order valence-electron chi connectivity index (χ2n) is 5.23. The molecule has 104 valence electrons. The summed E-state index contributed by atoms with van der Waals surface area (Å²) in [7, 11) is 0. The fraction of sp³-hybridized carbons (Fsp3) is 0.333. The summed E-state index contributed by atoms with van der Waals surface area (Å²) in [5.41, 5.74) is 3.52. The lowest BCUT2D eigenvalue weighted by molar-refractivity contribution is 0.783. The van der Waals surface area contributed by atoms with Crippen LogP contribution in [-0.4, -0.2) is 14.4 Å². The van der Waals surface area contributed by atoms with Crippen LogP contribution in [0, 0.1) is 0 Å². The predicted octanol–water partition coefficient (Wildman–Crippen LogP) is 3.62. The molecule has 1 N–H and O–H groups in total. The van der Waals surface area contributed by atoms with Gasteiger partial charge in [0.1, 0.15) is 0 Å². The van der Waals surface area contributed by atoms with Gasteiger partial charge in [0.05, 0.1) is 11.0 Å². The molecule has 0 aliphatic carbocycles. The molecule has 4 nitrogen and oxygen atoms in total. The van der Waals surface area contributed by atoms with Gasteiger partial charge in [-0.05, 0) is 30.5 Å². The smallest absolute Gasteiger partial charge is 0.262 e. The van der Waals surface area contributed by atoms with E-state index in [-0.39, 0.29) is 11.5 Å². The zero-order valence-corrected chi connectivity index (χ0v) is 13.3. The third-order valence-corrected chi connectivity index (χ3v) is 4.07. The van der Waals surface area contributed by atoms with Gasteiger partial charge in [-0.1, -0.05) is 36.7 Å². The molecule has 0 saturated heterocycles. The summed E-state index contributed by atoms with van der Waals surface area (Å²) in [6.07, 6.45) is 0.715. The van der Waals surface area contributed by atoms with Crippen LogP contribution in [0.3, 0.4) is 0 Å². The van der Waals surface area contributed by atoms with Crippen molar-refractivity contribution in [2.75, 3.05) is 0 Å². The maximum Gasteiger partial charge on any atom is 0.262 e. The van der Waals surface area contributed by atoms with E-state index in [1.807, 2.05) is 25.1 Å². The highest BCUT2D eigenvalue weighted by molar-refractivity contribution is 9.10. The number of hydrogen-bond donors (Lipinski definition) is 1. The molecule has 3 aromatic rings. The average Bonchev–Trinajstić information content (AvgIpc) is 2.76. The molecular formula is C15H16BrN3O. The largest absolute Gasteiger partial charge is 0.328 e. The van der Waals surface area contributed by atoms with E-state index in [0.717, 1.165) is 26.8 Å². The van der Waals surface area contributed by atoms with Gasteiger partial charge in [-0.2, -0.15) is 0 Å². The number of hydrogen-bond acceptors (Lipinski definition) is 2. The standard InChI is InChI=1S/C15H16BrN3O/c1-4-10-13(8(2)3)18-15-17-11-6-5-9(16)7-12(11)19(15)14(10)20/h5-8H,4H2,1-3H3,(H,17,18). The molecule has 20 heavy (non-hydrogen) atoms. The zero-order chi connectivity index (χ0) is 14.4. The lowest BCUT2D eigenvalue weighted by Crippen LogP contribution is -2.22. The number of rotatable bonds is 2. The van der Waals surface area contributed by atoms with E-state index in [0.29, 0.717) is 12.2 Å². The number of benzene rings is 1. The van der Waals surface area contributed by atoms with Gasteiger partial charge in [0, 0.05) is 15.7 Å². The Hall–Kier alpha value is -1.62. The second-order valence-corrected chi connectivity index (χ2v) is 6.15. The first kappa shape index (κ1) is 13.4. The van der Waals surface area contributed by atoms with Crippen molar-refractivity contribution in [1.82, 2.24) is 14.4 Å². The molecule has 0 aliphatic rings. The summed E-state index contributed by atoms with van der Waals surface area (Å²) >= 11 is 3.45. The van der Waals surface area contributed by atoms with Crippen molar-refractivity contribution in [1.29, 1.82) is 0 Å². The Morgan fingerprint density at radius 2 is 2.15 bits per heavy atom. The van der Waals surface area contributed by atoms with Crippen molar-refractivity contribution in [3.05, 3.63) is 44.3 Å². The van der Waals surface area contributed by atoms with Crippen LogP contribution in [-0.2, 0) is 6.42 Å².